The van der Waals surface area contributed by atoms with Gasteiger partial charge in [-0.2, -0.15) is 0 Å². The number of nitrogens with zero attached hydrogens (tertiary/aromatic N) is 1. The number of hydrogen-bond acceptors (Lipinski definition) is 2. The molecule has 0 radical (unpaired) electrons. The van der Waals surface area contributed by atoms with Crippen molar-refractivity contribution in [2.24, 2.45) is 0 Å². The van der Waals surface area contributed by atoms with E-state index < -0.39 is 0 Å². The second-order valence-corrected chi connectivity index (χ2v) is 5.83. The molecule has 0 saturated carbocycles. The van der Waals surface area contributed by atoms with Gasteiger partial charge in [-0.15, -0.1) is 0 Å². The summed E-state index contributed by atoms with van der Waals surface area (Å²) in [4.78, 5) is 26.9. The minimum absolute atomic E-state index is 0.148. The third-order valence-corrected chi connectivity index (χ3v) is 4.42. The topological polar surface area (TPSA) is 37.4 Å². The third kappa shape index (κ3) is 2.14. The molecular weight excluding hydrogens is 298 g/mol. The van der Waals surface area contributed by atoms with Crippen molar-refractivity contribution in [3.63, 3.8) is 0 Å². The number of amides is 1. The van der Waals surface area contributed by atoms with E-state index in [2.05, 4.69) is 0 Å². The van der Waals surface area contributed by atoms with Crippen molar-refractivity contribution in [2.45, 2.75) is 0 Å². The van der Waals surface area contributed by atoms with Crippen molar-refractivity contribution in [2.75, 3.05) is 11.9 Å². The van der Waals surface area contributed by atoms with Gasteiger partial charge in [0, 0.05) is 18.2 Å². The number of benzene rings is 3. The van der Waals surface area contributed by atoms with E-state index >= 15 is 0 Å². The molecule has 3 aromatic carbocycles. The average Bonchev–Trinajstić information content (AvgIpc) is 2.86. The van der Waals surface area contributed by atoms with Gasteiger partial charge >= 0.3 is 0 Å². The van der Waals surface area contributed by atoms with Gasteiger partial charge in [0.05, 0.1) is 11.3 Å². The number of rotatable bonds is 2. The number of likely N-dealkylation sites (N-methyl/N-ethyl adjacent to an activating group) is 1. The van der Waals surface area contributed by atoms with Crippen LogP contribution in [0.3, 0.4) is 0 Å². The van der Waals surface area contributed by atoms with Crippen LogP contribution in [0.1, 0.15) is 15.9 Å². The summed E-state index contributed by atoms with van der Waals surface area (Å²) >= 11 is 0. The number of hydrogen-bond donors (Lipinski definition) is 0. The predicted octanol–water partition coefficient (Wildman–Crippen LogP) is 4.08. The molecule has 3 nitrogen and oxygen atoms in total. The van der Waals surface area contributed by atoms with Gasteiger partial charge in [0.15, 0.2) is 5.78 Å². The number of carbonyl (C=O) groups is 2. The van der Waals surface area contributed by atoms with Crippen molar-refractivity contribution < 1.29 is 9.59 Å². The number of allylic oxidation sites excluding steroid dienone is 1. The molecule has 3 heteroatoms. The molecule has 1 amide bonds. The van der Waals surface area contributed by atoms with Crippen LogP contribution >= 0.6 is 0 Å². The molecule has 116 valence electrons. The summed E-state index contributed by atoms with van der Waals surface area (Å²) in [5.41, 5.74) is 2.70. The first-order chi connectivity index (χ1) is 11.7. The molecule has 0 atom stereocenters. The maximum Gasteiger partial charge on any atom is 0.258 e. The van der Waals surface area contributed by atoms with Gasteiger partial charge in [-0.05, 0) is 22.9 Å². The van der Waals surface area contributed by atoms with E-state index in [1.54, 1.807) is 18.0 Å². The summed E-state index contributed by atoms with van der Waals surface area (Å²) in [6.07, 6.45) is 1.46. The number of para-hydroxylation sites is 1. The van der Waals surface area contributed by atoms with Crippen molar-refractivity contribution in [3.05, 3.63) is 83.9 Å². The van der Waals surface area contributed by atoms with Crippen LogP contribution in [0.2, 0.25) is 0 Å². The highest BCUT2D eigenvalue weighted by atomic mass is 16.2. The Balaban J connectivity index is 1.84. The molecule has 0 aliphatic carbocycles. The van der Waals surface area contributed by atoms with Gasteiger partial charge in [0.1, 0.15) is 0 Å². The molecule has 1 aliphatic heterocycles. The number of carbonyl (C=O) groups excluding carboxylic acids is 2. The molecule has 1 heterocycles. The van der Waals surface area contributed by atoms with E-state index in [1.807, 2.05) is 60.7 Å². The van der Waals surface area contributed by atoms with Crippen molar-refractivity contribution >= 4 is 33.7 Å². The molecule has 0 aromatic heterocycles. The third-order valence-electron chi connectivity index (χ3n) is 4.42. The van der Waals surface area contributed by atoms with Crippen LogP contribution in [0.15, 0.2) is 72.8 Å². The highest BCUT2D eigenvalue weighted by molar-refractivity contribution is 6.36. The Kier molecular flexibility index (Phi) is 3.28. The van der Waals surface area contributed by atoms with E-state index in [0.29, 0.717) is 11.1 Å². The van der Waals surface area contributed by atoms with E-state index in [1.165, 1.54) is 6.08 Å². The molecule has 0 N–H and O–H groups in total. The van der Waals surface area contributed by atoms with Crippen LogP contribution in [-0.2, 0) is 4.79 Å². The highest BCUT2D eigenvalue weighted by Crippen LogP contribution is 2.35. The zero-order valence-electron chi connectivity index (χ0n) is 13.2. The summed E-state index contributed by atoms with van der Waals surface area (Å²) in [5, 5.41) is 1.91. The Morgan fingerprint density at radius 1 is 0.917 bits per heavy atom. The lowest BCUT2D eigenvalue weighted by Crippen LogP contribution is -2.20. The van der Waals surface area contributed by atoms with Crippen LogP contribution in [0.4, 0.5) is 5.69 Å². The van der Waals surface area contributed by atoms with Crippen molar-refractivity contribution in [3.8, 4) is 0 Å². The molecule has 0 bridgehead atoms. The lowest BCUT2D eigenvalue weighted by Gasteiger charge is -2.08. The first-order valence-electron chi connectivity index (χ1n) is 7.78. The molecule has 0 unspecified atom stereocenters. The Morgan fingerprint density at radius 2 is 1.62 bits per heavy atom. The van der Waals surface area contributed by atoms with Gasteiger partial charge < -0.3 is 4.90 Å². The van der Waals surface area contributed by atoms with Gasteiger partial charge in [-0.3, -0.25) is 9.59 Å². The Bertz CT molecular complexity index is 1010. The Morgan fingerprint density at radius 3 is 2.50 bits per heavy atom. The summed E-state index contributed by atoms with van der Waals surface area (Å²) in [6.45, 7) is 0. The summed E-state index contributed by atoms with van der Waals surface area (Å²) in [6, 6.07) is 20.9. The minimum Gasteiger partial charge on any atom is -0.311 e. The smallest absolute Gasteiger partial charge is 0.258 e. The highest BCUT2D eigenvalue weighted by Gasteiger charge is 2.29. The van der Waals surface area contributed by atoms with Gasteiger partial charge in [0.25, 0.3) is 5.91 Å². The number of anilines is 1. The van der Waals surface area contributed by atoms with E-state index in [0.717, 1.165) is 22.0 Å². The molecule has 0 saturated heterocycles. The first-order valence-corrected chi connectivity index (χ1v) is 7.78. The molecule has 0 fully saturated rings. The van der Waals surface area contributed by atoms with E-state index in [4.69, 9.17) is 0 Å². The zero-order chi connectivity index (χ0) is 16.7. The van der Waals surface area contributed by atoms with E-state index in [9.17, 15) is 9.59 Å². The normalized spacial score (nSPS) is 15.1. The molecule has 1 aliphatic rings. The van der Waals surface area contributed by atoms with E-state index in [-0.39, 0.29) is 11.7 Å². The van der Waals surface area contributed by atoms with Crippen LogP contribution in [0.5, 0.6) is 0 Å². The van der Waals surface area contributed by atoms with Gasteiger partial charge in [-0.1, -0.05) is 60.7 Å². The fraction of sp³-hybridized carbons (Fsp3) is 0.0476. The zero-order valence-corrected chi connectivity index (χ0v) is 13.2. The first kappa shape index (κ1) is 14.4. The Labute approximate surface area is 139 Å². The number of ketones is 1. The van der Waals surface area contributed by atoms with Crippen LogP contribution in [0.25, 0.3) is 16.3 Å². The second kappa shape index (κ2) is 5.46. The summed E-state index contributed by atoms with van der Waals surface area (Å²) < 4.78 is 0. The fourth-order valence-corrected chi connectivity index (χ4v) is 3.19. The summed E-state index contributed by atoms with van der Waals surface area (Å²) in [5.74, 6) is -0.301. The lowest BCUT2D eigenvalue weighted by atomic mass is 9.98. The molecule has 3 aromatic rings. The SMILES string of the molecule is CN1C(=O)C(=CC(=O)c2cccc3ccccc23)c2ccccc21. The molecule has 0 spiro atoms. The van der Waals surface area contributed by atoms with Gasteiger partial charge in [0.2, 0.25) is 0 Å². The molecular formula is C21H15NO2. The van der Waals surface area contributed by atoms with Gasteiger partial charge in [-0.25, -0.2) is 0 Å². The average molecular weight is 313 g/mol. The molecule has 4 rings (SSSR count). The monoisotopic (exact) mass is 313 g/mol. The standard InChI is InChI=1S/C21H15NO2/c1-22-19-12-5-4-10-16(19)18(21(22)24)13-20(23)17-11-6-8-14-7-2-3-9-15(14)17/h2-13H,1H3. The largest absolute Gasteiger partial charge is 0.311 e. The lowest BCUT2D eigenvalue weighted by molar-refractivity contribution is -0.112. The van der Waals surface area contributed by atoms with Crippen molar-refractivity contribution in [1.82, 2.24) is 0 Å². The van der Waals surface area contributed by atoms with Crippen LogP contribution in [0, 0.1) is 0 Å². The maximum atomic E-state index is 12.8. The molecule has 24 heavy (non-hydrogen) atoms. The minimum atomic E-state index is -0.153. The summed E-state index contributed by atoms with van der Waals surface area (Å²) in [7, 11) is 1.73. The maximum absolute atomic E-state index is 12.8. The van der Waals surface area contributed by atoms with Crippen molar-refractivity contribution in [1.29, 1.82) is 0 Å². The van der Waals surface area contributed by atoms with Crippen LogP contribution < -0.4 is 4.90 Å². The van der Waals surface area contributed by atoms with Crippen LogP contribution in [-0.4, -0.2) is 18.7 Å². The Hall–Kier alpha value is -3.20. The second-order valence-electron chi connectivity index (χ2n) is 5.83. The number of fused-ring (bicyclic) bond motifs is 2. The predicted molar refractivity (Wildman–Crippen MR) is 96.1 cm³/mol. The fourth-order valence-electron chi connectivity index (χ4n) is 3.19. The quantitative estimate of drug-likeness (QED) is 0.528.